The van der Waals surface area contributed by atoms with Gasteiger partial charge in [-0.15, -0.1) is 0 Å². The predicted molar refractivity (Wildman–Crippen MR) is 108 cm³/mol. The minimum absolute atomic E-state index is 0.0596. The van der Waals surface area contributed by atoms with Gasteiger partial charge in [-0.05, 0) is 59.7 Å². The molecule has 32 heavy (non-hydrogen) atoms. The predicted octanol–water partition coefficient (Wildman–Crippen LogP) is 5.33. The van der Waals surface area contributed by atoms with Gasteiger partial charge in [0.05, 0.1) is 12.2 Å². The number of rotatable bonds is 6. The van der Waals surface area contributed by atoms with Crippen molar-refractivity contribution in [3.05, 3.63) is 83.2 Å². The standard InChI is InChI=1S/C23H15F3N2O4/c1-31-11-14-8-13(3-5-16(14)18-10-15(24)4-7-19(18)25)22-27-21(28-32-22)12-2-6-17(23(29)30)20(26)9-12/h2-10H,11H2,1H3,(H,29,30). The number of aromatic carboxylic acids is 1. The number of halogens is 3. The highest BCUT2D eigenvalue weighted by molar-refractivity contribution is 5.88. The molecule has 0 aliphatic rings. The fraction of sp³-hybridized carbons (Fsp3) is 0.0870. The second kappa shape index (κ2) is 8.64. The average Bonchev–Trinajstić information content (AvgIpc) is 3.26. The Labute approximate surface area is 179 Å². The third-order valence-electron chi connectivity index (χ3n) is 4.75. The van der Waals surface area contributed by atoms with Gasteiger partial charge in [0, 0.05) is 23.8 Å². The summed E-state index contributed by atoms with van der Waals surface area (Å²) in [5.41, 5.74) is 1.34. The zero-order chi connectivity index (χ0) is 22.8. The van der Waals surface area contributed by atoms with Gasteiger partial charge in [0.25, 0.3) is 5.89 Å². The zero-order valence-electron chi connectivity index (χ0n) is 16.6. The van der Waals surface area contributed by atoms with Gasteiger partial charge in [0.2, 0.25) is 5.82 Å². The maximum absolute atomic E-state index is 14.3. The lowest BCUT2D eigenvalue weighted by Gasteiger charge is -2.11. The summed E-state index contributed by atoms with van der Waals surface area (Å²) in [5.74, 6) is -3.30. The van der Waals surface area contributed by atoms with Crippen molar-refractivity contribution in [3.63, 3.8) is 0 Å². The van der Waals surface area contributed by atoms with Gasteiger partial charge in [-0.25, -0.2) is 18.0 Å². The second-order valence-electron chi connectivity index (χ2n) is 6.85. The van der Waals surface area contributed by atoms with Crippen molar-refractivity contribution in [1.82, 2.24) is 10.1 Å². The summed E-state index contributed by atoms with van der Waals surface area (Å²) in [5, 5.41) is 12.8. The van der Waals surface area contributed by atoms with E-state index in [-0.39, 0.29) is 29.4 Å². The van der Waals surface area contributed by atoms with E-state index in [0.717, 1.165) is 30.3 Å². The number of carbonyl (C=O) groups is 1. The van der Waals surface area contributed by atoms with E-state index in [2.05, 4.69) is 10.1 Å². The van der Waals surface area contributed by atoms with E-state index in [9.17, 15) is 18.0 Å². The molecule has 6 nitrogen and oxygen atoms in total. The summed E-state index contributed by atoms with van der Waals surface area (Å²) >= 11 is 0. The smallest absolute Gasteiger partial charge is 0.338 e. The topological polar surface area (TPSA) is 85.5 Å². The Morgan fingerprint density at radius 1 is 0.969 bits per heavy atom. The summed E-state index contributed by atoms with van der Waals surface area (Å²) in [4.78, 5) is 15.2. The molecule has 0 radical (unpaired) electrons. The first kappa shape index (κ1) is 21.3. The number of benzene rings is 3. The largest absolute Gasteiger partial charge is 0.478 e. The number of nitrogens with zero attached hydrogens (tertiary/aromatic N) is 2. The highest BCUT2D eigenvalue weighted by Crippen LogP contribution is 2.32. The molecule has 4 aromatic rings. The molecule has 0 atom stereocenters. The van der Waals surface area contributed by atoms with Gasteiger partial charge in [-0.2, -0.15) is 4.98 Å². The highest BCUT2D eigenvalue weighted by Gasteiger charge is 2.17. The Bertz CT molecular complexity index is 1320. The van der Waals surface area contributed by atoms with Crippen molar-refractivity contribution < 1.29 is 32.3 Å². The number of carboxylic acids is 1. The molecule has 0 spiro atoms. The maximum Gasteiger partial charge on any atom is 0.338 e. The van der Waals surface area contributed by atoms with Crippen LogP contribution >= 0.6 is 0 Å². The summed E-state index contributed by atoms with van der Waals surface area (Å²) < 4.78 is 52.4. The Hall–Kier alpha value is -3.98. The lowest BCUT2D eigenvalue weighted by molar-refractivity contribution is 0.0692. The third kappa shape index (κ3) is 4.10. The van der Waals surface area contributed by atoms with Crippen LogP contribution in [0.1, 0.15) is 15.9 Å². The van der Waals surface area contributed by atoms with Gasteiger partial charge in [-0.3, -0.25) is 0 Å². The fourth-order valence-electron chi connectivity index (χ4n) is 3.25. The molecule has 0 saturated heterocycles. The summed E-state index contributed by atoms with van der Waals surface area (Å²) in [6.45, 7) is 0.113. The average molecular weight is 440 g/mol. The van der Waals surface area contributed by atoms with Crippen LogP contribution in [-0.4, -0.2) is 28.3 Å². The molecular formula is C23H15F3N2O4. The first-order valence-electron chi connectivity index (χ1n) is 9.32. The quantitative estimate of drug-likeness (QED) is 0.436. The van der Waals surface area contributed by atoms with Crippen LogP contribution < -0.4 is 0 Å². The lowest BCUT2D eigenvalue weighted by Crippen LogP contribution is -2.00. The van der Waals surface area contributed by atoms with Gasteiger partial charge >= 0.3 is 5.97 Å². The van der Waals surface area contributed by atoms with Gasteiger partial charge in [-0.1, -0.05) is 11.2 Å². The Morgan fingerprint density at radius 2 is 1.75 bits per heavy atom. The van der Waals surface area contributed by atoms with E-state index in [1.54, 1.807) is 18.2 Å². The van der Waals surface area contributed by atoms with Gasteiger partial charge < -0.3 is 14.4 Å². The van der Waals surface area contributed by atoms with Gasteiger partial charge in [0.1, 0.15) is 17.5 Å². The van der Waals surface area contributed by atoms with Crippen LogP contribution in [0, 0.1) is 17.5 Å². The van der Waals surface area contributed by atoms with Crippen molar-refractivity contribution in [3.8, 4) is 34.0 Å². The summed E-state index contributed by atoms with van der Waals surface area (Å²) in [6.07, 6.45) is 0. The molecule has 0 aliphatic heterocycles. The number of carboxylic acid groups (broad SMARTS) is 1. The van der Waals surface area contributed by atoms with Crippen molar-refractivity contribution in [2.24, 2.45) is 0 Å². The molecule has 1 heterocycles. The van der Waals surface area contributed by atoms with Crippen molar-refractivity contribution in [2.75, 3.05) is 7.11 Å². The normalized spacial score (nSPS) is 11.0. The van der Waals surface area contributed by atoms with Crippen LogP contribution in [0.15, 0.2) is 59.1 Å². The highest BCUT2D eigenvalue weighted by atomic mass is 19.1. The molecule has 3 aromatic carbocycles. The number of hydrogen-bond acceptors (Lipinski definition) is 5. The molecule has 1 aromatic heterocycles. The van der Waals surface area contributed by atoms with E-state index in [4.69, 9.17) is 14.4 Å². The number of ether oxygens (including phenoxy) is 1. The molecular weight excluding hydrogens is 425 g/mol. The summed E-state index contributed by atoms with van der Waals surface area (Å²) in [6, 6.07) is 11.5. The van der Waals surface area contributed by atoms with Gasteiger partial charge in [0.15, 0.2) is 0 Å². The Balaban J connectivity index is 1.71. The van der Waals surface area contributed by atoms with Crippen LogP contribution in [0.5, 0.6) is 0 Å². The molecule has 4 rings (SSSR count). The Morgan fingerprint density at radius 3 is 2.47 bits per heavy atom. The molecule has 0 bridgehead atoms. The molecule has 0 amide bonds. The Kier molecular flexibility index (Phi) is 5.74. The molecule has 9 heteroatoms. The number of hydrogen-bond donors (Lipinski definition) is 1. The molecule has 162 valence electrons. The third-order valence-corrected chi connectivity index (χ3v) is 4.75. The SMILES string of the molecule is COCc1cc(-c2nc(-c3ccc(C(=O)O)c(F)c3)no2)ccc1-c1cc(F)ccc1F. The fourth-order valence-corrected chi connectivity index (χ4v) is 3.25. The second-order valence-corrected chi connectivity index (χ2v) is 6.85. The maximum atomic E-state index is 14.3. The van der Waals surface area contributed by atoms with Crippen molar-refractivity contribution >= 4 is 5.97 Å². The lowest BCUT2D eigenvalue weighted by atomic mass is 9.97. The van der Waals surface area contributed by atoms with Crippen LogP contribution in [0.2, 0.25) is 0 Å². The van der Waals surface area contributed by atoms with Crippen LogP contribution in [0.4, 0.5) is 13.2 Å². The van der Waals surface area contributed by atoms with E-state index in [1.165, 1.54) is 13.2 Å². The number of aromatic nitrogens is 2. The van der Waals surface area contributed by atoms with Crippen LogP contribution in [0.25, 0.3) is 34.0 Å². The van der Waals surface area contributed by atoms with E-state index < -0.39 is 29.0 Å². The van der Waals surface area contributed by atoms with Crippen LogP contribution in [0.3, 0.4) is 0 Å². The monoisotopic (exact) mass is 440 g/mol. The van der Waals surface area contributed by atoms with Crippen LogP contribution in [-0.2, 0) is 11.3 Å². The molecule has 1 N–H and O–H groups in total. The first-order valence-corrected chi connectivity index (χ1v) is 9.32. The molecule has 0 fully saturated rings. The zero-order valence-corrected chi connectivity index (χ0v) is 16.6. The molecule has 0 unspecified atom stereocenters. The number of methoxy groups -OCH3 is 1. The molecule has 0 aliphatic carbocycles. The minimum Gasteiger partial charge on any atom is -0.478 e. The van der Waals surface area contributed by atoms with E-state index in [1.807, 2.05) is 0 Å². The van der Waals surface area contributed by atoms with E-state index in [0.29, 0.717) is 16.7 Å². The van der Waals surface area contributed by atoms with Crippen molar-refractivity contribution in [1.29, 1.82) is 0 Å². The minimum atomic E-state index is -1.39. The summed E-state index contributed by atoms with van der Waals surface area (Å²) in [7, 11) is 1.47. The molecule has 0 saturated carbocycles. The van der Waals surface area contributed by atoms with Crippen molar-refractivity contribution in [2.45, 2.75) is 6.61 Å². The first-order chi connectivity index (χ1) is 15.4. The van der Waals surface area contributed by atoms with E-state index >= 15 is 0 Å².